The number of carbonyl (C=O) groups is 1. The molecule has 1 aliphatic heterocycles. The van der Waals surface area contributed by atoms with Crippen LogP contribution in [0, 0.1) is 3.57 Å². The minimum atomic E-state index is -0.246. The number of fused-ring (bicyclic) bond motifs is 1. The van der Waals surface area contributed by atoms with Crippen LogP contribution in [0.4, 0.5) is 5.69 Å². The Hall–Kier alpha value is -0.980. The standard InChI is InChI=1S/C8H6INO3/c9-4-1-2-5(11)7-8(4)13-3-6(12)10-7/h1-2,11H,3H2,(H,10,12). The lowest BCUT2D eigenvalue weighted by Gasteiger charge is -2.19. The molecule has 68 valence electrons. The maximum Gasteiger partial charge on any atom is 0.262 e. The summed E-state index contributed by atoms with van der Waals surface area (Å²) < 4.78 is 6.03. The Labute approximate surface area is 88.0 Å². The summed E-state index contributed by atoms with van der Waals surface area (Å²) in [6.07, 6.45) is 0. The highest BCUT2D eigenvalue weighted by atomic mass is 127. The Bertz CT molecular complexity index is 378. The zero-order chi connectivity index (χ0) is 9.42. The summed E-state index contributed by atoms with van der Waals surface area (Å²) in [5, 5.41) is 12.0. The molecule has 0 unspecified atom stereocenters. The first-order chi connectivity index (χ1) is 6.18. The largest absolute Gasteiger partial charge is 0.506 e. The third-order valence-corrected chi connectivity index (χ3v) is 2.55. The van der Waals surface area contributed by atoms with E-state index in [1.54, 1.807) is 6.07 Å². The van der Waals surface area contributed by atoms with Crippen molar-refractivity contribution in [2.45, 2.75) is 0 Å². The molecular weight excluding hydrogens is 285 g/mol. The van der Waals surface area contributed by atoms with Crippen LogP contribution in [0.2, 0.25) is 0 Å². The van der Waals surface area contributed by atoms with Crippen molar-refractivity contribution in [1.29, 1.82) is 0 Å². The van der Waals surface area contributed by atoms with Gasteiger partial charge in [-0.2, -0.15) is 0 Å². The molecule has 0 saturated carbocycles. The molecule has 1 aromatic rings. The van der Waals surface area contributed by atoms with E-state index in [2.05, 4.69) is 27.9 Å². The third kappa shape index (κ3) is 1.43. The van der Waals surface area contributed by atoms with Gasteiger partial charge in [-0.3, -0.25) is 4.79 Å². The summed E-state index contributed by atoms with van der Waals surface area (Å²) in [7, 11) is 0. The van der Waals surface area contributed by atoms with Crippen LogP contribution < -0.4 is 10.1 Å². The van der Waals surface area contributed by atoms with E-state index in [9.17, 15) is 9.90 Å². The molecule has 0 spiro atoms. The van der Waals surface area contributed by atoms with Crippen molar-refractivity contribution < 1.29 is 14.6 Å². The maximum absolute atomic E-state index is 10.9. The fourth-order valence-electron chi connectivity index (χ4n) is 1.12. The highest BCUT2D eigenvalue weighted by molar-refractivity contribution is 14.1. The summed E-state index contributed by atoms with van der Waals surface area (Å²) in [4.78, 5) is 10.9. The highest BCUT2D eigenvalue weighted by Crippen LogP contribution is 2.39. The average molecular weight is 291 g/mol. The van der Waals surface area contributed by atoms with Gasteiger partial charge in [0.1, 0.15) is 11.4 Å². The Balaban J connectivity index is 2.57. The van der Waals surface area contributed by atoms with E-state index in [0.29, 0.717) is 11.4 Å². The monoisotopic (exact) mass is 291 g/mol. The Morgan fingerprint density at radius 3 is 3.08 bits per heavy atom. The quantitative estimate of drug-likeness (QED) is 0.560. The first-order valence-corrected chi connectivity index (χ1v) is 4.70. The molecule has 0 bridgehead atoms. The van der Waals surface area contributed by atoms with Crippen LogP contribution in [0.3, 0.4) is 0 Å². The van der Waals surface area contributed by atoms with Crippen molar-refractivity contribution in [3.63, 3.8) is 0 Å². The molecule has 0 saturated heterocycles. The van der Waals surface area contributed by atoms with Gasteiger partial charge in [0.15, 0.2) is 12.4 Å². The molecule has 13 heavy (non-hydrogen) atoms. The Morgan fingerprint density at radius 2 is 2.31 bits per heavy atom. The van der Waals surface area contributed by atoms with E-state index < -0.39 is 0 Å². The van der Waals surface area contributed by atoms with E-state index in [1.807, 2.05) is 0 Å². The summed E-state index contributed by atoms with van der Waals surface area (Å²) >= 11 is 2.08. The van der Waals surface area contributed by atoms with Crippen LogP contribution in [0.5, 0.6) is 11.5 Å². The van der Waals surface area contributed by atoms with Crippen molar-refractivity contribution in [1.82, 2.24) is 0 Å². The number of hydrogen-bond acceptors (Lipinski definition) is 3. The second-order valence-corrected chi connectivity index (χ2v) is 3.77. The zero-order valence-corrected chi connectivity index (χ0v) is 8.66. The van der Waals surface area contributed by atoms with E-state index in [1.165, 1.54) is 6.07 Å². The molecule has 0 atom stereocenters. The molecule has 0 radical (unpaired) electrons. The summed E-state index contributed by atoms with van der Waals surface area (Å²) in [6.45, 7) is 0.00640. The fraction of sp³-hybridized carbons (Fsp3) is 0.125. The molecule has 1 heterocycles. The SMILES string of the molecule is O=C1COc2c(I)ccc(O)c2N1. The van der Waals surface area contributed by atoms with Crippen LogP contribution in [0.1, 0.15) is 0 Å². The van der Waals surface area contributed by atoms with Crippen LogP contribution >= 0.6 is 22.6 Å². The molecule has 1 amide bonds. The van der Waals surface area contributed by atoms with Gasteiger partial charge in [0.25, 0.3) is 5.91 Å². The van der Waals surface area contributed by atoms with Gasteiger partial charge in [-0.25, -0.2) is 0 Å². The smallest absolute Gasteiger partial charge is 0.262 e. The lowest BCUT2D eigenvalue weighted by Crippen LogP contribution is -2.25. The molecule has 0 fully saturated rings. The number of phenolic OH excluding ortho intramolecular Hbond substituents is 1. The number of nitrogens with one attached hydrogen (secondary N) is 1. The van der Waals surface area contributed by atoms with Crippen molar-refractivity contribution in [3.8, 4) is 11.5 Å². The van der Waals surface area contributed by atoms with Crippen LogP contribution in [0.15, 0.2) is 12.1 Å². The second-order valence-electron chi connectivity index (χ2n) is 2.61. The molecule has 4 nitrogen and oxygen atoms in total. The fourth-order valence-corrected chi connectivity index (χ4v) is 1.73. The second kappa shape index (κ2) is 3.06. The number of amides is 1. The Morgan fingerprint density at radius 1 is 1.54 bits per heavy atom. The molecule has 0 aliphatic carbocycles. The topological polar surface area (TPSA) is 58.6 Å². The van der Waals surface area contributed by atoms with E-state index >= 15 is 0 Å². The molecule has 2 rings (SSSR count). The first kappa shape index (κ1) is 8.61. The molecular formula is C8H6INO3. The number of ether oxygens (including phenoxy) is 1. The van der Waals surface area contributed by atoms with Gasteiger partial charge in [-0.15, -0.1) is 0 Å². The molecule has 1 aliphatic rings. The lowest BCUT2D eigenvalue weighted by molar-refractivity contribution is -0.118. The molecule has 5 heteroatoms. The average Bonchev–Trinajstić information content (AvgIpc) is 2.12. The lowest BCUT2D eigenvalue weighted by atomic mass is 10.2. The van der Waals surface area contributed by atoms with Crippen molar-refractivity contribution in [2.24, 2.45) is 0 Å². The van der Waals surface area contributed by atoms with Gasteiger partial charge >= 0.3 is 0 Å². The van der Waals surface area contributed by atoms with Crippen LogP contribution in [-0.2, 0) is 4.79 Å². The van der Waals surface area contributed by atoms with Gasteiger partial charge in [0.2, 0.25) is 0 Å². The highest BCUT2D eigenvalue weighted by Gasteiger charge is 2.21. The number of halogens is 1. The zero-order valence-electron chi connectivity index (χ0n) is 6.50. The summed E-state index contributed by atoms with van der Waals surface area (Å²) in [5.41, 5.74) is 0.364. The number of carbonyl (C=O) groups excluding carboxylic acids is 1. The minimum Gasteiger partial charge on any atom is -0.506 e. The number of phenols is 1. The maximum atomic E-state index is 10.9. The molecule has 0 aromatic heterocycles. The van der Waals surface area contributed by atoms with Gasteiger partial charge < -0.3 is 15.2 Å². The van der Waals surface area contributed by atoms with E-state index in [4.69, 9.17) is 4.74 Å². The predicted molar refractivity (Wildman–Crippen MR) is 54.9 cm³/mol. The van der Waals surface area contributed by atoms with Crippen LogP contribution in [-0.4, -0.2) is 17.6 Å². The Kier molecular flexibility index (Phi) is 2.03. The number of anilines is 1. The first-order valence-electron chi connectivity index (χ1n) is 3.62. The number of aromatic hydroxyl groups is 1. The van der Waals surface area contributed by atoms with Crippen molar-refractivity contribution >= 4 is 34.2 Å². The van der Waals surface area contributed by atoms with Gasteiger partial charge in [0.05, 0.1) is 3.57 Å². The number of benzene rings is 1. The van der Waals surface area contributed by atoms with Gasteiger partial charge in [-0.05, 0) is 34.7 Å². The van der Waals surface area contributed by atoms with Crippen molar-refractivity contribution in [3.05, 3.63) is 15.7 Å². The van der Waals surface area contributed by atoms with Gasteiger partial charge in [-0.1, -0.05) is 0 Å². The minimum absolute atomic E-state index is 0.00640. The number of hydrogen-bond donors (Lipinski definition) is 2. The molecule has 2 N–H and O–H groups in total. The van der Waals surface area contributed by atoms with Crippen LogP contribution in [0.25, 0.3) is 0 Å². The van der Waals surface area contributed by atoms with E-state index in [-0.39, 0.29) is 18.3 Å². The number of rotatable bonds is 0. The summed E-state index contributed by atoms with van der Waals surface area (Å²) in [5.74, 6) is 0.327. The summed E-state index contributed by atoms with van der Waals surface area (Å²) in [6, 6.07) is 3.25. The van der Waals surface area contributed by atoms with E-state index in [0.717, 1.165) is 3.57 Å². The van der Waals surface area contributed by atoms with Crippen molar-refractivity contribution in [2.75, 3.05) is 11.9 Å². The normalized spacial score (nSPS) is 14.4. The third-order valence-electron chi connectivity index (χ3n) is 1.70. The van der Waals surface area contributed by atoms with Gasteiger partial charge in [0, 0.05) is 0 Å². The molecule has 1 aromatic carbocycles. The predicted octanol–water partition coefficient (Wildman–Crippen LogP) is 1.33.